The number of guanidine groups is 1. The Morgan fingerprint density at radius 2 is 1.06 bits per heavy atom. The van der Waals surface area contributed by atoms with Crippen LogP contribution in [0.5, 0.6) is 0 Å². The molecule has 2 rings (SSSR count). The Labute approximate surface area is 495 Å². The third kappa shape index (κ3) is 29.1. The molecule has 0 unspecified atom stereocenters. The lowest BCUT2D eigenvalue weighted by atomic mass is 10.0. The minimum atomic E-state index is -1.61. The van der Waals surface area contributed by atoms with Gasteiger partial charge in [0.1, 0.15) is 54.4 Å². The number of primary amides is 1. The Morgan fingerprint density at radius 1 is 0.595 bits per heavy atom. The van der Waals surface area contributed by atoms with Crippen molar-refractivity contribution in [1.82, 2.24) is 63.1 Å². The number of imidazole rings is 1. The zero-order valence-electron chi connectivity index (χ0n) is 49.7. The van der Waals surface area contributed by atoms with E-state index in [9.17, 15) is 62.6 Å². The topological polar surface area (TPSA) is 464 Å². The number of carbonyl (C=O) groups is 12. The van der Waals surface area contributed by atoms with Gasteiger partial charge in [0, 0.05) is 44.2 Å². The molecule has 1 aliphatic rings. The monoisotopic (exact) mass is 1200 g/mol. The van der Waals surface area contributed by atoms with Crippen LogP contribution in [-0.4, -0.2) is 171 Å². The van der Waals surface area contributed by atoms with Gasteiger partial charge < -0.3 is 80.5 Å². The fourth-order valence-electron chi connectivity index (χ4n) is 8.83. The highest BCUT2D eigenvalue weighted by Crippen LogP contribution is 2.14. The van der Waals surface area contributed by atoms with Gasteiger partial charge in [0.05, 0.1) is 12.7 Å². The molecule has 11 amide bonds. The number of amides is 11. The summed E-state index contributed by atoms with van der Waals surface area (Å²) >= 11 is 1.34. The Kier molecular flexibility index (Phi) is 33.1. The van der Waals surface area contributed by atoms with E-state index in [1.54, 1.807) is 20.1 Å². The quantitative estimate of drug-likeness (QED) is 0.0385. The summed E-state index contributed by atoms with van der Waals surface area (Å²) < 4.78 is 0. The van der Waals surface area contributed by atoms with E-state index in [0.29, 0.717) is 37.1 Å². The molecule has 0 radical (unpaired) electrons. The van der Waals surface area contributed by atoms with Crippen molar-refractivity contribution in [1.29, 1.82) is 0 Å². The van der Waals surface area contributed by atoms with Gasteiger partial charge in [-0.1, -0.05) is 54.4 Å². The van der Waals surface area contributed by atoms with Crippen molar-refractivity contribution < 1.29 is 62.6 Å². The lowest BCUT2D eigenvalue weighted by Gasteiger charge is -2.28. The first-order valence-corrected chi connectivity index (χ1v) is 30.0. The van der Waals surface area contributed by atoms with E-state index >= 15 is 0 Å². The van der Waals surface area contributed by atoms with Gasteiger partial charge in [-0.05, 0) is 94.5 Å². The van der Waals surface area contributed by atoms with Crippen LogP contribution < -0.4 is 70.4 Å². The highest BCUT2D eigenvalue weighted by atomic mass is 32.2. The molecule has 0 aliphatic carbocycles. The molecule has 1 aromatic heterocycles. The Hall–Kier alpha value is -7.53. The number of aromatic amines is 1. The number of carboxylic acid groups (broad SMARTS) is 1. The largest absolute Gasteiger partial charge is 0.481 e. The number of aromatic nitrogens is 2. The van der Waals surface area contributed by atoms with Crippen molar-refractivity contribution in [2.45, 2.75) is 199 Å². The number of hydrogen-bond acceptors (Lipinski definition) is 15. The van der Waals surface area contributed by atoms with Crippen LogP contribution >= 0.6 is 11.8 Å². The van der Waals surface area contributed by atoms with Crippen molar-refractivity contribution >= 4 is 88.7 Å². The first-order valence-electron chi connectivity index (χ1n) is 28.6. The summed E-state index contributed by atoms with van der Waals surface area (Å²) in [6, 6.07) is -12.3. The van der Waals surface area contributed by atoms with Crippen molar-refractivity contribution in [3.05, 3.63) is 18.2 Å². The Bertz CT molecular complexity index is 2390. The van der Waals surface area contributed by atoms with Crippen LogP contribution in [0.15, 0.2) is 17.5 Å². The number of H-pyrrole nitrogens is 1. The fraction of sp³-hybridized carbons (Fsp3) is 0.704. The van der Waals surface area contributed by atoms with Gasteiger partial charge in [-0.3, -0.25) is 62.5 Å². The Morgan fingerprint density at radius 3 is 1.60 bits per heavy atom. The van der Waals surface area contributed by atoms with Gasteiger partial charge in [-0.2, -0.15) is 11.8 Å². The number of rotatable bonds is 20. The number of nitrogens with zero attached hydrogens (tertiary/aromatic N) is 2. The van der Waals surface area contributed by atoms with E-state index in [1.807, 2.05) is 27.7 Å². The van der Waals surface area contributed by atoms with Crippen molar-refractivity contribution in [3.8, 4) is 0 Å². The van der Waals surface area contributed by atoms with Gasteiger partial charge in [-0.15, -0.1) is 0 Å². The molecule has 9 atom stereocenters. The summed E-state index contributed by atoms with van der Waals surface area (Å²) in [5.41, 5.74) is 17.0. The second-order valence-corrected chi connectivity index (χ2v) is 23.2. The maximum atomic E-state index is 14.3. The molecule has 2 heterocycles. The summed E-state index contributed by atoms with van der Waals surface area (Å²) in [5.74, 6) is -10.6. The van der Waals surface area contributed by atoms with Gasteiger partial charge in [0.2, 0.25) is 65.0 Å². The molecule has 18 N–H and O–H groups in total. The minimum absolute atomic E-state index is 0.0102. The second-order valence-electron chi connectivity index (χ2n) is 22.2. The number of aliphatic carboxylic acids is 1. The number of thioether (sulfide) groups is 1. The number of aliphatic imine (C=N–C) groups is 1. The molecule has 472 valence electrons. The predicted molar refractivity (Wildman–Crippen MR) is 313 cm³/mol. The fourth-order valence-corrected chi connectivity index (χ4v) is 9.31. The molecule has 0 saturated carbocycles. The molecule has 1 aromatic rings. The smallest absolute Gasteiger partial charge is 0.303 e. The standard InChI is InChI=1S/C54H92N16O13S/c1-29(2)22-37-46(76)59-19-12-10-9-11-15-43(72)63-38(23-30(3)4)50(80)65-35(16-17-44(73)74)49(79)64-34(14-13-20-60-54(56)57)48(78)66-36(18-21-84-8)47(77)62-32(7)45(75)67-39(24-31(5)6)51(81)69-40(25-33-27-58-28-61-33)52(82)70-41(26-42(55)71)53(83)68-37/h27-32,34-41H,9-26H2,1-8H3,(H2,55,71)(H,58,61)(H,59,76)(H,62,77)(H,63,72)(H,64,79)(H,65,80)(H,66,78)(H,67,75)(H,68,83)(H,69,81)(H,70,82)(H,73,74)(H4,56,57,60)/t32-,34-,35-,36-,37-,38-,39-,40-,41-/m0/s1. The maximum Gasteiger partial charge on any atom is 0.303 e. The molecule has 1 aliphatic heterocycles. The molecule has 1 saturated heterocycles. The van der Waals surface area contributed by atoms with Gasteiger partial charge in [0.15, 0.2) is 5.96 Å². The molecular formula is C54H92N16O13S. The molecule has 0 spiro atoms. The van der Waals surface area contributed by atoms with Gasteiger partial charge in [-0.25, -0.2) is 4.98 Å². The number of nitrogens with two attached hydrogens (primary N) is 3. The number of carboxylic acids is 1. The van der Waals surface area contributed by atoms with Crippen molar-refractivity contribution in [2.24, 2.45) is 39.9 Å². The first kappa shape index (κ1) is 72.6. The Balaban J connectivity index is 2.69. The second kappa shape index (κ2) is 38.3. The minimum Gasteiger partial charge on any atom is -0.481 e. The summed E-state index contributed by atoms with van der Waals surface area (Å²) in [6.07, 6.45) is 4.95. The highest BCUT2D eigenvalue weighted by Gasteiger charge is 2.36. The van der Waals surface area contributed by atoms with Crippen LogP contribution in [0.1, 0.15) is 144 Å². The van der Waals surface area contributed by atoms with Crippen molar-refractivity contribution in [2.75, 3.05) is 25.1 Å². The molecule has 30 heteroatoms. The van der Waals surface area contributed by atoms with E-state index in [4.69, 9.17) is 17.2 Å². The summed E-state index contributed by atoms with van der Waals surface area (Å²) in [4.78, 5) is 175. The van der Waals surface area contributed by atoms with E-state index in [1.165, 1.54) is 31.2 Å². The first-order chi connectivity index (χ1) is 39.6. The number of carbonyl (C=O) groups excluding carboxylic acids is 11. The molecule has 1 fully saturated rings. The summed E-state index contributed by atoms with van der Waals surface area (Å²) in [7, 11) is 0. The van der Waals surface area contributed by atoms with Crippen LogP contribution in [0.2, 0.25) is 0 Å². The highest BCUT2D eigenvalue weighted by molar-refractivity contribution is 7.98. The molecule has 0 aromatic carbocycles. The molecule has 29 nitrogen and oxygen atoms in total. The SMILES string of the molecule is CSCC[C@@H]1NC(=O)[C@H](CCCN=C(N)N)NC(=O)[C@H](CCC(=O)O)NC(=O)[C@H](CC(C)C)NC(=O)CCCCCCNC(=O)[C@H](CC(C)C)NC(=O)[C@H](CC(N)=O)NC(=O)[C@H](Cc2cnc[nH]2)NC(=O)[C@H](CC(C)C)NC(=O)[C@H](C)NC1=O. The predicted octanol–water partition coefficient (Wildman–Crippen LogP) is -1.90. The zero-order valence-corrected chi connectivity index (χ0v) is 50.5. The van der Waals surface area contributed by atoms with Crippen LogP contribution in [-0.2, 0) is 64.0 Å². The van der Waals surface area contributed by atoms with E-state index in [-0.39, 0.29) is 88.2 Å². The van der Waals surface area contributed by atoms with Crippen LogP contribution in [0.4, 0.5) is 0 Å². The van der Waals surface area contributed by atoms with Crippen LogP contribution in [0, 0.1) is 17.8 Å². The molecular weight excluding hydrogens is 1110 g/mol. The number of nitrogens with one attached hydrogen (secondary N) is 11. The average Bonchev–Trinajstić information content (AvgIpc) is 4.03. The molecule has 84 heavy (non-hydrogen) atoms. The normalized spacial score (nSPS) is 24.3. The third-order valence-electron chi connectivity index (χ3n) is 13.2. The van der Waals surface area contributed by atoms with Gasteiger partial charge >= 0.3 is 5.97 Å². The third-order valence-corrected chi connectivity index (χ3v) is 13.8. The van der Waals surface area contributed by atoms with Gasteiger partial charge in [0.25, 0.3) is 0 Å². The van der Waals surface area contributed by atoms with Crippen molar-refractivity contribution in [3.63, 3.8) is 0 Å². The average molecular weight is 1210 g/mol. The maximum absolute atomic E-state index is 14.3. The summed E-state index contributed by atoms with van der Waals surface area (Å²) in [5, 5.41) is 36.0. The lowest BCUT2D eigenvalue weighted by molar-refractivity contribution is -0.138. The zero-order chi connectivity index (χ0) is 63.1. The number of hydrogen-bond donors (Lipinski definition) is 15. The van der Waals surface area contributed by atoms with Crippen LogP contribution in [0.25, 0.3) is 0 Å². The lowest BCUT2D eigenvalue weighted by Crippen LogP contribution is -2.60. The van der Waals surface area contributed by atoms with E-state index in [0.717, 1.165) is 0 Å². The van der Waals surface area contributed by atoms with E-state index < -0.39 is 145 Å². The van der Waals surface area contributed by atoms with Crippen LogP contribution in [0.3, 0.4) is 0 Å². The molecule has 0 bridgehead atoms. The van der Waals surface area contributed by atoms with E-state index in [2.05, 4.69) is 68.1 Å². The summed E-state index contributed by atoms with van der Waals surface area (Å²) in [6.45, 7) is 12.4.